The second-order valence-electron chi connectivity index (χ2n) is 11.8. The third kappa shape index (κ3) is 11.0. The first kappa shape index (κ1) is 34.0. The maximum absolute atomic E-state index is 8.84. The van der Waals surface area contributed by atoms with Gasteiger partial charge in [-0.3, -0.25) is 0 Å². The van der Waals surface area contributed by atoms with Crippen molar-refractivity contribution in [3.05, 3.63) is 89.5 Å². The minimum Gasteiger partial charge on any atom is -0.385 e. The fraction of sp³-hybridized carbons (Fsp3) is 0.513. The van der Waals surface area contributed by atoms with E-state index in [-0.39, 0.29) is 5.92 Å². The van der Waals surface area contributed by atoms with Crippen LogP contribution in [-0.2, 0) is 0 Å². The Morgan fingerprint density at radius 3 is 1.28 bits per heavy atom. The molecule has 232 valence electrons. The summed E-state index contributed by atoms with van der Waals surface area (Å²) in [4.78, 5) is 5.13. The van der Waals surface area contributed by atoms with Crippen LogP contribution in [0.2, 0.25) is 0 Å². The highest BCUT2D eigenvalue weighted by atomic mass is 15.1. The molecule has 3 aromatic rings. The van der Waals surface area contributed by atoms with Crippen molar-refractivity contribution in [2.24, 2.45) is 0 Å². The van der Waals surface area contributed by atoms with Gasteiger partial charge in [-0.2, -0.15) is 5.26 Å². The lowest BCUT2D eigenvalue weighted by atomic mass is 9.85. The number of anilines is 3. The van der Waals surface area contributed by atoms with Crippen LogP contribution in [0, 0.1) is 11.3 Å². The molecule has 3 rings (SSSR count). The van der Waals surface area contributed by atoms with Crippen LogP contribution in [0.5, 0.6) is 0 Å². The van der Waals surface area contributed by atoms with E-state index in [4.69, 9.17) is 5.26 Å². The number of unbranched alkanes of at least 4 members (excludes halogenated alkanes) is 5. The van der Waals surface area contributed by atoms with Gasteiger partial charge in [0, 0.05) is 62.1 Å². The number of nitriles is 1. The van der Waals surface area contributed by atoms with E-state index in [0.29, 0.717) is 6.42 Å². The van der Waals surface area contributed by atoms with Crippen molar-refractivity contribution in [2.45, 2.75) is 97.8 Å². The van der Waals surface area contributed by atoms with Gasteiger partial charge in [-0.05, 0) is 85.2 Å². The predicted molar refractivity (Wildman–Crippen MR) is 188 cm³/mol. The second kappa shape index (κ2) is 19.7. The molecule has 0 saturated carbocycles. The van der Waals surface area contributed by atoms with Gasteiger partial charge in [-0.25, -0.2) is 0 Å². The minimum absolute atomic E-state index is 0.162. The molecule has 0 aromatic heterocycles. The Hall–Kier alpha value is -3.45. The smallest absolute Gasteiger partial charge is 0.0622 e. The van der Waals surface area contributed by atoms with E-state index in [1.54, 1.807) is 0 Å². The lowest BCUT2D eigenvalue weighted by molar-refractivity contribution is 0.677. The van der Waals surface area contributed by atoms with Gasteiger partial charge in [0.2, 0.25) is 0 Å². The highest BCUT2D eigenvalue weighted by Crippen LogP contribution is 2.35. The van der Waals surface area contributed by atoms with E-state index in [1.807, 2.05) is 0 Å². The molecular weight excluding hydrogens is 524 g/mol. The number of hydrogen-bond acceptors (Lipinski definition) is 4. The van der Waals surface area contributed by atoms with Crippen LogP contribution < -0.4 is 15.1 Å². The van der Waals surface area contributed by atoms with Crippen LogP contribution in [0.15, 0.2) is 72.8 Å². The molecule has 3 aromatic carbocycles. The molecule has 0 aliphatic carbocycles. The van der Waals surface area contributed by atoms with Crippen molar-refractivity contribution in [1.82, 2.24) is 0 Å². The Kier molecular flexibility index (Phi) is 15.6. The predicted octanol–water partition coefficient (Wildman–Crippen LogP) is 10.4. The highest BCUT2D eigenvalue weighted by Gasteiger charge is 2.18. The first-order valence-corrected chi connectivity index (χ1v) is 17.1. The lowest BCUT2D eigenvalue weighted by Crippen LogP contribution is -2.25. The van der Waals surface area contributed by atoms with Gasteiger partial charge in [-0.1, -0.05) is 89.8 Å². The van der Waals surface area contributed by atoms with E-state index >= 15 is 0 Å². The van der Waals surface area contributed by atoms with Crippen LogP contribution >= 0.6 is 0 Å². The summed E-state index contributed by atoms with van der Waals surface area (Å²) < 4.78 is 0. The largest absolute Gasteiger partial charge is 0.385 e. The first-order valence-electron chi connectivity index (χ1n) is 17.1. The molecule has 1 N–H and O–H groups in total. The first-order chi connectivity index (χ1) is 21.1. The fourth-order valence-electron chi connectivity index (χ4n) is 5.66. The lowest BCUT2D eigenvalue weighted by Gasteiger charge is -2.27. The molecule has 0 unspecified atom stereocenters. The van der Waals surface area contributed by atoms with Crippen LogP contribution in [0.1, 0.15) is 115 Å². The summed E-state index contributed by atoms with van der Waals surface area (Å²) in [5.74, 6) is 0.162. The third-order valence-electron chi connectivity index (χ3n) is 8.35. The van der Waals surface area contributed by atoms with Crippen LogP contribution in [0.3, 0.4) is 0 Å². The quantitative estimate of drug-likeness (QED) is 0.101. The van der Waals surface area contributed by atoms with Gasteiger partial charge in [0.15, 0.2) is 0 Å². The molecule has 0 radical (unpaired) electrons. The minimum atomic E-state index is 0.162. The maximum Gasteiger partial charge on any atom is 0.0622 e. The molecule has 0 fully saturated rings. The van der Waals surface area contributed by atoms with Crippen LogP contribution in [0.25, 0.3) is 0 Å². The van der Waals surface area contributed by atoms with Gasteiger partial charge in [0.25, 0.3) is 0 Å². The molecule has 0 spiro atoms. The summed E-state index contributed by atoms with van der Waals surface area (Å²) >= 11 is 0. The fourth-order valence-corrected chi connectivity index (χ4v) is 5.66. The van der Waals surface area contributed by atoms with Gasteiger partial charge in [0.1, 0.15) is 0 Å². The van der Waals surface area contributed by atoms with Crippen molar-refractivity contribution in [1.29, 1.82) is 5.26 Å². The van der Waals surface area contributed by atoms with E-state index in [9.17, 15) is 0 Å². The molecule has 43 heavy (non-hydrogen) atoms. The summed E-state index contributed by atoms with van der Waals surface area (Å²) in [5.41, 5.74) is 7.72. The zero-order valence-corrected chi connectivity index (χ0v) is 27.5. The van der Waals surface area contributed by atoms with E-state index in [1.165, 1.54) is 79.4 Å². The molecule has 4 nitrogen and oxygen atoms in total. The number of nitrogens with one attached hydrogen (secondary N) is 1. The van der Waals surface area contributed by atoms with Crippen molar-refractivity contribution in [3.63, 3.8) is 0 Å². The van der Waals surface area contributed by atoms with Crippen LogP contribution in [-0.4, -0.2) is 32.7 Å². The van der Waals surface area contributed by atoms with Crippen LogP contribution in [0.4, 0.5) is 17.1 Å². The normalized spacial score (nSPS) is 11.0. The monoisotopic (exact) mass is 580 g/mol. The SMILES string of the molecule is CCCCN(CCCC)c1ccc(C(c2ccc(NCCCC#N)cc2)c2ccc(N(CCCC)CCCC)cc2)cc1. The Morgan fingerprint density at radius 1 is 0.558 bits per heavy atom. The summed E-state index contributed by atoms with van der Waals surface area (Å²) in [6.07, 6.45) is 11.2. The Balaban J connectivity index is 1.92. The Morgan fingerprint density at radius 2 is 0.930 bits per heavy atom. The molecule has 0 bridgehead atoms. The van der Waals surface area contributed by atoms with Gasteiger partial charge < -0.3 is 15.1 Å². The molecule has 0 aliphatic rings. The highest BCUT2D eigenvalue weighted by molar-refractivity contribution is 5.55. The average Bonchev–Trinajstić information content (AvgIpc) is 3.05. The van der Waals surface area contributed by atoms with Gasteiger partial charge >= 0.3 is 0 Å². The van der Waals surface area contributed by atoms with E-state index in [0.717, 1.165) is 44.8 Å². The van der Waals surface area contributed by atoms with Crippen molar-refractivity contribution in [3.8, 4) is 6.07 Å². The van der Waals surface area contributed by atoms with Gasteiger partial charge in [0.05, 0.1) is 6.07 Å². The maximum atomic E-state index is 8.84. The summed E-state index contributed by atoms with van der Waals surface area (Å²) in [6, 6.07) is 29.9. The molecular formula is C39H56N4. The number of benzene rings is 3. The molecule has 0 aliphatic heterocycles. The number of hydrogen-bond donors (Lipinski definition) is 1. The molecule has 0 atom stereocenters. The topological polar surface area (TPSA) is 42.3 Å². The zero-order chi connectivity index (χ0) is 30.7. The Bertz CT molecular complexity index is 1100. The van der Waals surface area contributed by atoms with E-state index < -0.39 is 0 Å². The van der Waals surface area contributed by atoms with E-state index in [2.05, 4.69) is 122 Å². The third-order valence-corrected chi connectivity index (χ3v) is 8.35. The molecule has 0 heterocycles. The summed E-state index contributed by atoms with van der Waals surface area (Å²) in [7, 11) is 0. The van der Waals surface area contributed by atoms with Crippen molar-refractivity contribution in [2.75, 3.05) is 47.8 Å². The summed E-state index contributed by atoms with van der Waals surface area (Å²) in [5, 5.41) is 12.3. The standard InChI is InChI=1S/C39H56N4/c1-5-9-29-42(30-10-6-2)37-23-17-34(18-24-37)39(33-15-21-36(22-16-33)41-28-14-13-27-40)35-19-25-38(26-20-35)43(31-11-7-3)32-12-8-4/h15-26,39,41H,5-14,28-32H2,1-4H3. The number of rotatable bonds is 21. The van der Waals surface area contributed by atoms with Crippen molar-refractivity contribution < 1.29 is 0 Å². The second-order valence-corrected chi connectivity index (χ2v) is 11.8. The average molecular weight is 581 g/mol. The molecule has 4 heteroatoms. The molecule has 0 amide bonds. The van der Waals surface area contributed by atoms with Crippen molar-refractivity contribution >= 4 is 17.1 Å². The number of nitrogens with zero attached hydrogens (tertiary/aromatic N) is 3. The van der Waals surface area contributed by atoms with Gasteiger partial charge in [-0.15, -0.1) is 0 Å². The Labute approximate surface area is 263 Å². The zero-order valence-electron chi connectivity index (χ0n) is 27.5. The molecule has 0 saturated heterocycles. The summed E-state index contributed by atoms with van der Waals surface area (Å²) in [6.45, 7) is 14.4.